The molecule has 0 fully saturated rings. The van der Waals surface area contributed by atoms with E-state index in [4.69, 9.17) is 4.74 Å². The Balaban J connectivity index is 1.41. The second-order valence-electron chi connectivity index (χ2n) is 7.68. The van der Waals surface area contributed by atoms with Gasteiger partial charge < -0.3 is 4.74 Å². The number of thiophene rings is 1. The van der Waals surface area contributed by atoms with Crippen LogP contribution in [-0.2, 0) is 17.7 Å². The largest absolute Gasteiger partial charge is 0.439 e. The Hall–Kier alpha value is -3.33. The topological polar surface area (TPSA) is 98.6 Å². The summed E-state index contributed by atoms with van der Waals surface area (Å²) in [6, 6.07) is 6.48. The highest BCUT2D eigenvalue weighted by Crippen LogP contribution is 2.29. The molecule has 3 aromatic rings. The van der Waals surface area contributed by atoms with Crippen LogP contribution in [0.15, 0.2) is 29.1 Å². The number of benzene rings is 1. The average molecular weight is 437 g/mol. The van der Waals surface area contributed by atoms with Gasteiger partial charge >= 0.3 is 5.97 Å². The maximum absolute atomic E-state index is 13.0. The number of esters is 1. The first-order chi connectivity index (χ1) is 15.0. The predicted molar refractivity (Wildman–Crippen MR) is 113 cm³/mol. The van der Waals surface area contributed by atoms with Crippen LogP contribution in [0.5, 0.6) is 0 Å². The second-order valence-corrected chi connectivity index (χ2v) is 8.68. The third-order valence-corrected chi connectivity index (χ3v) is 6.97. The Bertz CT molecular complexity index is 1290. The lowest BCUT2D eigenvalue weighted by Crippen LogP contribution is -2.33. The summed E-state index contributed by atoms with van der Waals surface area (Å²) in [7, 11) is 0. The number of rotatable bonds is 3. The Morgan fingerprint density at radius 3 is 2.52 bits per heavy atom. The minimum absolute atomic E-state index is 0.130. The van der Waals surface area contributed by atoms with Crippen LogP contribution in [0.3, 0.4) is 0 Å². The highest BCUT2D eigenvalue weighted by molar-refractivity contribution is 7.20. The fourth-order valence-electron chi connectivity index (χ4n) is 4.15. The van der Waals surface area contributed by atoms with E-state index in [1.807, 2.05) is 0 Å². The van der Waals surface area contributed by atoms with Gasteiger partial charge in [-0.15, -0.1) is 11.3 Å². The lowest BCUT2D eigenvalue weighted by molar-refractivity contribution is 0.0231. The van der Waals surface area contributed by atoms with E-state index in [1.54, 1.807) is 35.8 Å². The van der Waals surface area contributed by atoms with Crippen molar-refractivity contribution in [1.29, 1.82) is 0 Å². The normalized spacial score (nSPS) is 15.7. The molecule has 31 heavy (non-hydrogen) atoms. The SMILES string of the molecule is Cc1c(C(=O)OCN2C(=O)c3ccccc3C2=O)sc2nc3n(c(=O)c12)CCCCC3. The van der Waals surface area contributed by atoms with E-state index in [1.165, 1.54) is 0 Å². The minimum Gasteiger partial charge on any atom is -0.439 e. The molecule has 0 atom stereocenters. The first-order valence-electron chi connectivity index (χ1n) is 10.1. The summed E-state index contributed by atoms with van der Waals surface area (Å²) in [6.07, 6.45) is 3.71. The lowest BCUT2D eigenvalue weighted by atomic mass is 10.1. The number of hydrogen-bond donors (Lipinski definition) is 0. The molecule has 9 heteroatoms. The van der Waals surface area contributed by atoms with Crippen LogP contribution in [0.1, 0.15) is 61.0 Å². The quantitative estimate of drug-likeness (QED) is 0.462. The first kappa shape index (κ1) is 19.6. The maximum atomic E-state index is 13.0. The number of carbonyl (C=O) groups excluding carboxylic acids is 3. The third kappa shape index (κ3) is 3.07. The number of carbonyl (C=O) groups is 3. The molecule has 2 aliphatic rings. The molecule has 0 saturated carbocycles. The highest BCUT2D eigenvalue weighted by atomic mass is 32.1. The smallest absolute Gasteiger partial charge is 0.350 e. The highest BCUT2D eigenvalue weighted by Gasteiger charge is 2.36. The van der Waals surface area contributed by atoms with E-state index >= 15 is 0 Å². The Kier molecular flexibility index (Phi) is 4.70. The molecular weight excluding hydrogens is 418 g/mol. The molecule has 2 aromatic heterocycles. The van der Waals surface area contributed by atoms with Crippen molar-refractivity contribution in [3.63, 3.8) is 0 Å². The van der Waals surface area contributed by atoms with Crippen LogP contribution in [0.4, 0.5) is 0 Å². The standard InChI is InChI=1S/C22H19N3O5S/c1-12-16-18(23-15-9-3-2-6-10-24(15)21(16)28)31-17(12)22(29)30-11-25-19(26)13-7-4-5-8-14(13)20(25)27/h4-5,7-8H,2-3,6,9-11H2,1H3. The monoisotopic (exact) mass is 437 g/mol. The molecule has 2 aliphatic heterocycles. The molecule has 5 rings (SSSR count). The van der Waals surface area contributed by atoms with Crippen molar-refractivity contribution < 1.29 is 19.1 Å². The van der Waals surface area contributed by atoms with Crippen molar-refractivity contribution in [1.82, 2.24) is 14.5 Å². The number of imide groups is 1. The van der Waals surface area contributed by atoms with Gasteiger partial charge in [0.15, 0.2) is 6.73 Å². The van der Waals surface area contributed by atoms with E-state index in [-0.39, 0.29) is 10.4 Å². The molecule has 0 N–H and O–H groups in total. The molecule has 0 saturated heterocycles. The van der Waals surface area contributed by atoms with Gasteiger partial charge in [-0.1, -0.05) is 18.6 Å². The zero-order chi connectivity index (χ0) is 21.7. The summed E-state index contributed by atoms with van der Waals surface area (Å²) < 4.78 is 7.01. The maximum Gasteiger partial charge on any atom is 0.350 e. The predicted octanol–water partition coefficient (Wildman–Crippen LogP) is 2.90. The van der Waals surface area contributed by atoms with E-state index in [2.05, 4.69) is 4.98 Å². The molecule has 0 unspecified atom stereocenters. The van der Waals surface area contributed by atoms with Crippen molar-refractivity contribution >= 4 is 39.3 Å². The molecule has 1 aromatic carbocycles. The van der Waals surface area contributed by atoms with Crippen molar-refractivity contribution in [3.05, 3.63) is 62.0 Å². The van der Waals surface area contributed by atoms with E-state index < -0.39 is 24.5 Å². The van der Waals surface area contributed by atoms with Crippen LogP contribution in [-0.4, -0.2) is 39.0 Å². The summed E-state index contributed by atoms with van der Waals surface area (Å²) in [5, 5.41) is 0.434. The van der Waals surface area contributed by atoms with Crippen molar-refractivity contribution in [2.75, 3.05) is 6.73 Å². The van der Waals surface area contributed by atoms with Crippen molar-refractivity contribution in [2.24, 2.45) is 0 Å². The van der Waals surface area contributed by atoms with E-state index in [0.717, 1.165) is 47.7 Å². The molecular formula is C22H19N3O5S. The second kappa shape index (κ2) is 7.42. The molecule has 2 amide bonds. The summed E-state index contributed by atoms with van der Waals surface area (Å²) in [5.74, 6) is -0.922. The number of nitrogens with zero attached hydrogens (tertiary/aromatic N) is 3. The number of amides is 2. The van der Waals surface area contributed by atoms with Crippen molar-refractivity contribution in [2.45, 2.75) is 39.2 Å². The Labute approximate surface area is 181 Å². The summed E-state index contributed by atoms with van der Waals surface area (Å²) in [6.45, 7) is 1.85. The van der Waals surface area contributed by atoms with Gasteiger partial charge in [0.05, 0.1) is 16.5 Å². The number of fused-ring (bicyclic) bond motifs is 3. The Morgan fingerprint density at radius 1 is 1.10 bits per heavy atom. The average Bonchev–Trinajstić information content (AvgIpc) is 3.08. The molecule has 8 nitrogen and oxygen atoms in total. The molecule has 0 spiro atoms. The van der Waals surface area contributed by atoms with E-state index in [9.17, 15) is 19.2 Å². The van der Waals surface area contributed by atoms with Crippen LogP contribution < -0.4 is 5.56 Å². The van der Waals surface area contributed by atoms with Gasteiger partial charge in [0.2, 0.25) is 0 Å². The lowest BCUT2D eigenvalue weighted by Gasteiger charge is -2.13. The summed E-state index contributed by atoms with van der Waals surface area (Å²) >= 11 is 1.11. The van der Waals surface area contributed by atoms with Gasteiger partial charge in [-0.25, -0.2) is 14.7 Å². The molecule has 158 valence electrons. The number of ether oxygens (including phenoxy) is 1. The van der Waals surface area contributed by atoms with Crippen LogP contribution in [0.2, 0.25) is 0 Å². The number of hydrogen-bond acceptors (Lipinski definition) is 7. The van der Waals surface area contributed by atoms with Gasteiger partial charge in [-0.3, -0.25) is 19.0 Å². The molecule has 4 heterocycles. The number of aryl methyl sites for hydroxylation is 2. The van der Waals surface area contributed by atoms with Crippen LogP contribution in [0, 0.1) is 6.92 Å². The van der Waals surface area contributed by atoms with Gasteiger partial charge in [0.1, 0.15) is 15.5 Å². The van der Waals surface area contributed by atoms with Crippen LogP contribution in [0.25, 0.3) is 10.2 Å². The first-order valence-corrected chi connectivity index (χ1v) is 10.9. The fourth-order valence-corrected chi connectivity index (χ4v) is 5.23. The molecule has 0 bridgehead atoms. The van der Waals surface area contributed by atoms with Gasteiger partial charge in [-0.2, -0.15) is 0 Å². The van der Waals surface area contributed by atoms with Gasteiger partial charge in [-0.05, 0) is 37.5 Å². The Morgan fingerprint density at radius 2 is 1.81 bits per heavy atom. The molecule has 0 aliphatic carbocycles. The summed E-state index contributed by atoms with van der Waals surface area (Å²) in [5.41, 5.74) is 0.972. The zero-order valence-electron chi connectivity index (χ0n) is 16.8. The zero-order valence-corrected chi connectivity index (χ0v) is 17.7. The molecule has 0 radical (unpaired) electrons. The fraction of sp³-hybridized carbons (Fsp3) is 0.318. The minimum atomic E-state index is -0.684. The van der Waals surface area contributed by atoms with Gasteiger partial charge in [0, 0.05) is 13.0 Å². The van der Waals surface area contributed by atoms with Crippen LogP contribution >= 0.6 is 11.3 Å². The van der Waals surface area contributed by atoms with Crippen molar-refractivity contribution in [3.8, 4) is 0 Å². The summed E-state index contributed by atoms with van der Waals surface area (Å²) in [4.78, 5) is 57.0. The number of aromatic nitrogens is 2. The van der Waals surface area contributed by atoms with E-state index in [0.29, 0.717) is 33.5 Å². The van der Waals surface area contributed by atoms with Gasteiger partial charge in [0.25, 0.3) is 17.4 Å². The third-order valence-electron chi connectivity index (χ3n) is 5.80.